The molecule has 3 nitrogen and oxygen atoms in total. The Bertz CT molecular complexity index is 327. The Hall–Kier alpha value is -0.800. The van der Waals surface area contributed by atoms with E-state index in [0.29, 0.717) is 18.3 Å². The molecule has 1 aromatic rings. The molecule has 16 heavy (non-hydrogen) atoms. The van der Waals surface area contributed by atoms with Gasteiger partial charge < -0.3 is 10.1 Å². The zero-order valence-electron chi connectivity index (χ0n) is 10.1. The van der Waals surface area contributed by atoms with Crippen LogP contribution in [-0.2, 0) is 6.54 Å². The summed E-state index contributed by atoms with van der Waals surface area (Å²) in [5.74, 6) is 1.26. The van der Waals surface area contributed by atoms with Crippen LogP contribution in [0.2, 0.25) is 0 Å². The lowest BCUT2D eigenvalue weighted by Crippen LogP contribution is -2.43. The number of nitrogens with zero attached hydrogens (tertiary/aromatic N) is 1. The van der Waals surface area contributed by atoms with Crippen LogP contribution in [0.5, 0.6) is 5.88 Å². The minimum absolute atomic E-state index is 0.0393. The smallest absolute Gasteiger partial charge is 0.217 e. The highest BCUT2D eigenvalue weighted by Gasteiger charge is 2.20. The molecule has 0 aliphatic heterocycles. The number of aromatic nitrogens is 1. The molecule has 0 radical (unpaired) electrons. The minimum Gasteiger partial charge on any atom is -0.481 e. The molecule has 0 amide bonds. The maximum atomic E-state index is 5.94. The Morgan fingerprint density at radius 3 is 2.88 bits per heavy atom. The van der Waals surface area contributed by atoms with E-state index in [-0.39, 0.29) is 5.54 Å². The summed E-state index contributed by atoms with van der Waals surface area (Å²) in [5.41, 5.74) is 1.01. The fraction of sp³-hybridized carbons (Fsp3) is 0.583. The Kier molecular flexibility index (Phi) is 5.03. The first kappa shape index (κ1) is 13.3. The zero-order chi connectivity index (χ0) is 12.0. The van der Waals surface area contributed by atoms with Crippen LogP contribution >= 0.6 is 11.6 Å². The van der Waals surface area contributed by atoms with Gasteiger partial charge in [0.15, 0.2) is 0 Å². The number of rotatable bonds is 6. The van der Waals surface area contributed by atoms with E-state index in [4.69, 9.17) is 16.3 Å². The van der Waals surface area contributed by atoms with E-state index >= 15 is 0 Å². The minimum atomic E-state index is -0.0393. The van der Waals surface area contributed by atoms with Crippen molar-refractivity contribution in [1.29, 1.82) is 0 Å². The lowest BCUT2D eigenvalue weighted by atomic mass is 10.0. The van der Waals surface area contributed by atoms with Crippen molar-refractivity contribution < 1.29 is 4.74 Å². The molecule has 0 aliphatic rings. The van der Waals surface area contributed by atoms with Gasteiger partial charge in [-0.25, -0.2) is 4.98 Å². The van der Waals surface area contributed by atoms with Crippen molar-refractivity contribution in [3.63, 3.8) is 0 Å². The molecule has 0 bridgehead atoms. The summed E-state index contributed by atoms with van der Waals surface area (Å²) in [7, 11) is 1.63. The van der Waals surface area contributed by atoms with Gasteiger partial charge in [0.25, 0.3) is 0 Å². The summed E-state index contributed by atoms with van der Waals surface area (Å²) in [6.45, 7) is 4.95. The first-order chi connectivity index (χ1) is 7.65. The monoisotopic (exact) mass is 242 g/mol. The summed E-state index contributed by atoms with van der Waals surface area (Å²) in [6.07, 6.45) is 2.71. The first-order valence-electron chi connectivity index (χ1n) is 5.44. The maximum absolute atomic E-state index is 5.94. The zero-order valence-corrected chi connectivity index (χ0v) is 10.8. The second-order valence-corrected chi connectivity index (χ2v) is 4.34. The lowest BCUT2D eigenvalue weighted by Gasteiger charge is -2.27. The molecule has 0 fully saturated rings. The highest BCUT2D eigenvalue weighted by Crippen LogP contribution is 2.17. The number of methoxy groups -OCH3 is 1. The molecule has 0 spiro atoms. The summed E-state index contributed by atoms with van der Waals surface area (Å²) in [6, 6.07) is 3.91. The summed E-state index contributed by atoms with van der Waals surface area (Å²) >= 11 is 5.94. The molecule has 1 unspecified atom stereocenters. The van der Waals surface area contributed by atoms with Gasteiger partial charge in [-0.1, -0.05) is 13.0 Å². The Labute approximate surface area is 102 Å². The summed E-state index contributed by atoms with van der Waals surface area (Å²) in [4.78, 5) is 4.15. The summed E-state index contributed by atoms with van der Waals surface area (Å²) in [5, 5.41) is 3.43. The van der Waals surface area contributed by atoms with Crippen LogP contribution in [0.4, 0.5) is 0 Å². The number of pyridine rings is 1. The molecule has 0 saturated carbocycles. The van der Waals surface area contributed by atoms with Crippen molar-refractivity contribution >= 4 is 11.6 Å². The van der Waals surface area contributed by atoms with Gasteiger partial charge >= 0.3 is 0 Å². The Morgan fingerprint density at radius 1 is 1.56 bits per heavy atom. The molecule has 0 aliphatic carbocycles. The van der Waals surface area contributed by atoms with Gasteiger partial charge in [0.2, 0.25) is 5.88 Å². The number of hydrogen-bond acceptors (Lipinski definition) is 3. The third-order valence-corrected chi connectivity index (χ3v) is 3.41. The molecule has 1 N–H and O–H groups in total. The normalized spacial score (nSPS) is 14.5. The standard InChI is InChI=1S/C12H19ClN2O/c1-4-12(2,9-13)15-8-10-6-5-7-14-11(10)16-3/h5-7,15H,4,8-9H2,1-3H3. The number of ether oxygens (including phenoxy) is 1. The van der Waals surface area contributed by atoms with Crippen LogP contribution in [0.1, 0.15) is 25.8 Å². The second-order valence-electron chi connectivity index (χ2n) is 4.07. The van der Waals surface area contributed by atoms with Gasteiger partial charge in [0, 0.05) is 29.7 Å². The van der Waals surface area contributed by atoms with E-state index in [1.54, 1.807) is 13.3 Å². The molecule has 0 saturated heterocycles. The number of nitrogens with one attached hydrogen (secondary N) is 1. The van der Waals surface area contributed by atoms with Crippen molar-refractivity contribution in [2.24, 2.45) is 0 Å². The second kappa shape index (κ2) is 6.06. The van der Waals surface area contributed by atoms with Gasteiger partial charge in [-0.05, 0) is 19.4 Å². The molecule has 90 valence electrons. The van der Waals surface area contributed by atoms with E-state index in [0.717, 1.165) is 12.0 Å². The first-order valence-corrected chi connectivity index (χ1v) is 5.97. The highest BCUT2D eigenvalue weighted by atomic mass is 35.5. The average molecular weight is 243 g/mol. The van der Waals surface area contributed by atoms with E-state index in [2.05, 4.69) is 24.1 Å². The van der Waals surface area contributed by atoms with Gasteiger partial charge in [0.05, 0.1) is 7.11 Å². The van der Waals surface area contributed by atoms with Crippen LogP contribution in [0.15, 0.2) is 18.3 Å². The largest absolute Gasteiger partial charge is 0.481 e. The number of hydrogen-bond donors (Lipinski definition) is 1. The van der Waals surface area contributed by atoms with Crippen LogP contribution < -0.4 is 10.1 Å². The van der Waals surface area contributed by atoms with Crippen molar-refractivity contribution in [2.75, 3.05) is 13.0 Å². The van der Waals surface area contributed by atoms with Gasteiger partial charge in [-0.2, -0.15) is 0 Å². The fourth-order valence-corrected chi connectivity index (χ4v) is 1.60. The van der Waals surface area contributed by atoms with E-state index < -0.39 is 0 Å². The molecule has 4 heteroatoms. The van der Waals surface area contributed by atoms with Crippen LogP contribution in [-0.4, -0.2) is 23.5 Å². The molecule has 1 heterocycles. The average Bonchev–Trinajstić information content (AvgIpc) is 2.36. The highest BCUT2D eigenvalue weighted by molar-refractivity contribution is 6.18. The lowest BCUT2D eigenvalue weighted by molar-refractivity contribution is 0.362. The molecule has 0 aromatic carbocycles. The van der Waals surface area contributed by atoms with Crippen LogP contribution in [0.3, 0.4) is 0 Å². The van der Waals surface area contributed by atoms with E-state index in [1.807, 2.05) is 12.1 Å². The van der Waals surface area contributed by atoms with Gasteiger partial charge in [-0.15, -0.1) is 11.6 Å². The van der Waals surface area contributed by atoms with Crippen molar-refractivity contribution in [2.45, 2.75) is 32.4 Å². The van der Waals surface area contributed by atoms with Crippen molar-refractivity contribution in [1.82, 2.24) is 10.3 Å². The molecule has 1 aromatic heterocycles. The van der Waals surface area contributed by atoms with E-state index in [1.165, 1.54) is 0 Å². The summed E-state index contributed by atoms with van der Waals surface area (Å²) < 4.78 is 5.19. The van der Waals surface area contributed by atoms with Gasteiger partial charge in [-0.3, -0.25) is 0 Å². The Morgan fingerprint density at radius 2 is 2.31 bits per heavy atom. The number of alkyl halides is 1. The topological polar surface area (TPSA) is 34.2 Å². The third-order valence-electron chi connectivity index (χ3n) is 2.82. The van der Waals surface area contributed by atoms with Crippen molar-refractivity contribution in [3.8, 4) is 5.88 Å². The number of halogens is 1. The molecule has 1 atom stereocenters. The van der Waals surface area contributed by atoms with E-state index in [9.17, 15) is 0 Å². The Balaban J connectivity index is 2.67. The molecule has 1 rings (SSSR count). The van der Waals surface area contributed by atoms with Crippen LogP contribution in [0.25, 0.3) is 0 Å². The molecular weight excluding hydrogens is 224 g/mol. The van der Waals surface area contributed by atoms with Crippen LogP contribution in [0, 0.1) is 0 Å². The quantitative estimate of drug-likeness (QED) is 0.779. The van der Waals surface area contributed by atoms with Gasteiger partial charge in [0.1, 0.15) is 0 Å². The van der Waals surface area contributed by atoms with Crippen molar-refractivity contribution in [3.05, 3.63) is 23.9 Å². The maximum Gasteiger partial charge on any atom is 0.217 e. The fourth-order valence-electron chi connectivity index (χ4n) is 1.32. The predicted molar refractivity (Wildman–Crippen MR) is 67.0 cm³/mol. The third kappa shape index (κ3) is 3.35. The SMILES string of the molecule is CCC(C)(CCl)NCc1cccnc1OC. The molecular formula is C12H19ClN2O. The predicted octanol–water partition coefficient (Wildman–Crippen LogP) is 2.59.